The molecule has 2 aromatic rings. The van der Waals surface area contributed by atoms with Crippen LogP contribution in [0.15, 0.2) is 30.5 Å². The van der Waals surface area contributed by atoms with Crippen LogP contribution in [-0.2, 0) is 0 Å². The lowest BCUT2D eigenvalue weighted by Crippen LogP contribution is -2.13. The standard InChI is InChI=1S/C12H10ClN3O2/c1-7(17)8-4-5-10(15-8)12(18)16-9-3-2-6-14-11(9)13/h2-6,15H,1H3,(H,16,18). The van der Waals surface area contributed by atoms with E-state index in [1.807, 2.05) is 0 Å². The third-order valence-electron chi connectivity index (χ3n) is 2.32. The van der Waals surface area contributed by atoms with Gasteiger partial charge in [0.2, 0.25) is 0 Å². The average molecular weight is 264 g/mol. The summed E-state index contributed by atoms with van der Waals surface area (Å²) in [5, 5.41) is 2.82. The van der Waals surface area contributed by atoms with Crippen molar-refractivity contribution in [1.29, 1.82) is 0 Å². The van der Waals surface area contributed by atoms with Crippen LogP contribution in [0.1, 0.15) is 27.9 Å². The van der Waals surface area contributed by atoms with Crippen molar-refractivity contribution in [2.75, 3.05) is 5.32 Å². The van der Waals surface area contributed by atoms with Gasteiger partial charge in [-0.1, -0.05) is 11.6 Å². The summed E-state index contributed by atoms with van der Waals surface area (Å²) in [5.41, 5.74) is 1.10. The first-order chi connectivity index (χ1) is 8.58. The van der Waals surface area contributed by atoms with E-state index in [0.29, 0.717) is 17.1 Å². The molecule has 2 N–H and O–H groups in total. The summed E-state index contributed by atoms with van der Waals surface area (Å²) in [5.74, 6) is -0.508. The molecule has 0 aromatic carbocycles. The van der Waals surface area contributed by atoms with Crippen molar-refractivity contribution in [1.82, 2.24) is 9.97 Å². The highest BCUT2D eigenvalue weighted by Crippen LogP contribution is 2.18. The Morgan fingerprint density at radius 3 is 2.61 bits per heavy atom. The number of anilines is 1. The number of hydrogen-bond acceptors (Lipinski definition) is 3. The van der Waals surface area contributed by atoms with Crippen molar-refractivity contribution in [3.05, 3.63) is 47.0 Å². The van der Waals surface area contributed by atoms with Gasteiger partial charge in [0.25, 0.3) is 5.91 Å². The van der Waals surface area contributed by atoms with E-state index < -0.39 is 0 Å². The monoisotopic (exact) mass is 263 g/mol. The second-order valence-corrected chi connectivity index (χ2v) is 4.00. The van der Waals surface area contributed by atoms with Crippen molar-refractivity contribution in [2.24, 2.45) is 0 Å². The molecule has 0 unspecified atom stereocenters. The summed E-state index contributed by atoms with van der Waals surface area (Å²) >= 11 is 5.82. The molecule has 0 fully saturated rings. The van der Waals surface area contributed by atoms with Crippen molar-refractivity contribution in [2.45, 2.75) is 6.92 Å². The van der Waals surface area contributed by atoms with Gasteiger partial charge in [0.15, 0.2) is 10.9 Å². The molecule has 18 heavy (non-hydrogen) atoms. The minimum Gasteiger partial charge on any atom is -0.348 e. The number of Topliss-reactive ketones (excluding diaryl/α,β-unsaturated/α-hetero) is 1. The van der Waals surface area contributed by atoms with E-state index >= 15 is 0 Å². The highest BCUT2D eigenvalue weighted by molar-refractivity contribution is 6.32. The van der Waals surface area contributed by atoms with Crippen molar-refractivity contribution < 1.29 is 9.59 Å². The Bertz CT molecular complexity index is 607. The van der Waals surface area contributed by atoms with E-state index in [-0.39, 0.29) is 16.8 Å². The molecule has 0 aliphatic heterocycles. The Balaban J connectivity index is 2.17. The number of H-pyrrole nitrogens is 1. The summed E-state index contributed by atoms with van der Waals surface area (Å²) in [7, 11) is 0. The number of halogens is 1. The van der Waals surface area contributed by atoms with Gasteiger partial charge in [-0.05, 0) is 24.3 Å². The zero-order chi connectivity index (χ0) is 13.1. The molecule has 0 saturated carbocycles. The van der Waals surface area contributed by atoms with Crippen molar-refractivity contribution >= 4 is 29.0 Å². The number of hydrogen-bond donors (Lipinski definition) is 2. The fraction of sp³-hybridized carbons (Fsp3) is 0.0833. The highest BCUT2D eigenvalue weighted by atomic mass is 35.5. The van der Waals surface area contributed by atoms with Crippen LogP contribution < -0.4 is 5.32 Å². The van der Waals surface area contributed by atoms with Crippen molar-refractivity contribution in [3.8, 4) is 0 Å². The molecule has 2 rings (SSSR count). The van der Waals surface area contributed by atoms with Gasteiger partial charge in [0.05, 0.1) is 11.4 Å². The first kappa shape index (κ1) is 12.3. The summed E-state index contributed by atoms with van der Waals surface area (Å²) in [4.78, 5) is 29.5. The third-order valence-corrected chi connectivity index (χ3v) is 2.62. The largest absolute Gasteiger partial charge is 0.348 e. The summed E-state index contributed by atoms with van der Waals surface area (Å²) in [6, 6.07) is 6.40. The fourth-order valence-corrected chi connectivity index (χ4v) is 1.57. The van der Waals surface area contributed by atoms with E-state index in [0.717, 1.165) is 0 Å². The zero-order valence-electron chi connectivity index (χ0n) is 9.53. The molecule has 0 atom stereocenters. The number of amides is 1. The Morgan fingerprint density at radius 2 is 2.00 bits per heavy atom. The van der Waals surface area contributed by atoms with Gasteiger partial charge >= 0.3 is 0 Å². The second-order valence-electron chi connectivity index (χ2n) is 3.64. The first-order valence-electron chi connectivity index (χ1n) is 5.20. The van der Waals surface area contributed by atoms with Gasteiger partial charge < -0.3 is 10.3 Å². The van der Waals surface area contributed by atoms with E-state index in [9.17, 15) is 9.59 Å². The quantitative estimate of drug-likeness (QED) is 0.660. The molecule has 0 saturated heterocycles. The lowest BCUT2D eigenvalue weighted by molar-refractivity contribution is 0.101. The van der Waals surface area contributed by atoms with Gasteiger partial charge in [-0.2, -0.15) is 0 Å². The van der Waals surface area contributed by atoms with Crippen LogP contribution in [-0.4, -0.2) is 21.7 Å². The molecular weight excluding hydrogens is 254 g/mol. The Hall–Kier alpha value is -2.14. The van der Waals surface area contributed by atoms with E-state index in [4.69, 9.17) is 11.6 Å². The van der Waals surface area contributed by atoms with E-state index in [1.165, 1.54) is 19.2 Å². The van der Waals surface area contributed by atoms with Gasteiger partial charge in [-0.3, -0.25) is 9.59 Å². The molecule has 92 valence electrons. The Kier molecular flexibility index (Phi) is 3.43. The highest BCUT2D eigenvalue weighted by Gasteiger charge is 2.12. The summed E-state index contributed by atoms with van der Waals surface area (Å²) < 4.78 is 0. The molecule has 5 nitrogen and oxygen atoms in total. The van der Waals surface area contributed by atoms with Crippen molar-refractivity contribution in [3.63, 3.8) is 0 Å². The molecule has 1 amide bonds. The number of carbonyl (C=O) groups excluding carboxylic acids is 2. The number of nitrogens with one attached hydrogen (secondary N) is 2. The normalized spacial score (nSPS) is 10.1. The number of nitrogens with zero attached hydrogens (tertiary/aromatic N) is 1. The van der Waals surface area contributed by atoms with Gasteiger partial charge in [-0.15, -0.1) is 0 Å². The Morgan fingerprint density at radius 1 is 1.28 bits per heavy atom. The Labute approximate surface area is 108 Å². The van der Waals surface area contributed by atoms with Crippen LogP contribution >= 0.6 is 11.6 Å². The van der Waals surface area contributed by atoms with Gasteiger partial charge in [-0.25, -0.2) is 4.98 Å². The number of aromatic amines is 1. The number of carbonyl (C=O) groups is 2. The zero-order valence-corrected chi connectivity index (χ0v) is 10.3. The molecule has 6 heteroatoms. The van der Waals surface area contributed by atoms with Crippen LogP contribution in [0.2, 0.25) is 5.15 Å². The molecule has 2 aromatic heterocycles. The predicted octanol–water partition coefficient (Wildman–Crippen LogP) is 2.52. The van der Waals surface area contributed by atoms with Crippen LogP contribution in [0.3, 0.4) is 0 Å². The second kappa shape index (κ2) is 5.01. The molecular formula is C12H10ClN3O2. The first-order valence-corrected chi connectivity index (χ1v) is 5.57. The predicted molar refractivity (Wildman–Crippen MR) is 68.0 cm³/mol. The number of ketones is 1. The fourth-order valence-electron chi connectivity index (χ4n) is 1.40. The van der Waals surface area contributed by atoms with E-state index in [2.05, 4.69) is 15.3 Å². The number of rotatable bonds is 3. The lowest BCUT2D eigenvalue weighted by atomic mass is 10.3. The van der Waals surface area contributed by atoms with Crippen LogP contribution in [0.25, 0.3) is 0 Å². The number of aromatic nitrogens is 2. The summed E-state index contributed by atoms with van der Waals surface area (Å²) in [6.07, 6.45) is 1.53. The smallest absolute Gasteiger partial charge is 0.272 e. The minimum absolute atomic E-state index is 0.131. The SMILES string of the molecule is CC(=O)c1ccc(C(=O)Nc2cccnc2Cl)[nH]1. The van der Waals surface area contributed by atoms with Crippen LogP contribution in [0.4, 0.5) is 5.69 Å². The molecule has 0 aliphatic rings. The maximum Gasteiger partial charge on any atom is 0.272 e. The topological polar surface area (TPSA) is 74.8 Å². The molecule has 0 radical (unpaired) electrons. The minimum atomic E-state index is -0.377. The third kappa shape index (κ3) is 2.57. The maximum absolute atomic E-state index is 11.9. The van der Waals surface area contributed by atoms with Gasteiger partial charge in [0.1, 0.15) is 5.69 Å². The number of pyridine rings is 1. The molecule has 0 aliphatic carbocycles. The maximum atomic E-state index is 11.9. The molecule has 0 spiro atoms. The van der Waals surface area contributed by atoms with Gasteiger partial charge in [0, 0.05) is 13.1 Å². The van der Waals surface area contributed by atoms with Crippen LogP contribution in [0.5, 0.6) is 0 Å². The molecule has 0 bridgehead atoms. The lowest BCUT2D eigenvalue weighted by Gasteiger charge is -2.04. The summed E-state index contributed by atoms with van der Waals surface area (Å²) in [6.45, 7) is 1.42. The van der Waals surface area contributed by atoms with E-state index in [1.54, 1.807) is 18.2 Å². The average Bonchev–Trinajstić information content (AvgIpc) is 2.81. The van der Waals surface area contributed by atoms with Crippen LogP contribution in [0, 0.1) is 0 Å². The molecule has 2 heterocycles.